The first kappa shape index (κ1) is 35.3. The topological polar surface area (TPSA) is 30.2 Å². The summed E-state index contributed by atoms with van der Waals surface area (Å²) in [5.41, 5.74) is 15.1. The van der Waals surface area contributed by atoms with E-state index in [0.717, 1.165) is 57.4 Å². The van der Waals surface area contributed by atoms with Crippen molar-refractivity contribution in [1.82, 2.24) is 14.4 Å². The molecule has 0 fully saturated rings. The predicted molar refractivity (Wildman–Crippen MR) is 244 cm³/mol. The Morgan fingerprint density at radius 2 is 1.30 bits per heavy atom. The van der Waals surface area contributed by atoms with Crippen LogP contribution in [0.2, 0.25) is 0 Å². The van der Waals surface area contributed by atoms with Gasteiger partial charge in [0.25, 0.3) is 0 Å². The zero-order chi connectivity index (χ0) is 38.7. The Balaban J connectivity index is 1.01. The third-order valence-corrected chi connectivity index (χ3v) is 14.3. The van der Waals surface area contributed by atoms with Gasteiger partial charge >= 0.3 is 0 Å². The van der Waals surface area contributed by atoms with Crippen LogP contribution >= 0.6 is 7.92 Å². The molecule has 0 bridgehead atoms. The van der Waals surface area contributed by atoms with Crippen molar-refractivity contribution < 1.29 is 0 Å². The minimum absolute atomic E-state index is 0.158. The number of fused-ring (bicyclic) bond motifs is 8. The van der Waals surface area contributed by atoms with Crippen LogP contribution in [-0.2, 0) is 5.41 Å². The fraction of sp³-hybridized carbons (Fsp3) is 0.132. The minimum Gasteiger partial charge on any atom is -0.276 e. The molecular formula is C53H44N3P. The summed E-state index contributed by atoms with van der Waals surface area (Å²) in [5.74, 6) is 0.902. The summed E-state index contributed by atoms with van der Waals surface area (Å²) in [6, 6.07) is 49.5. The summed E-state index contributed by atoms with van der Waals surface area (Å²) in [6.07, 6.45) is 15.7. The molecule has 57 heavy (non-hydrogen) atoms. The van der Waals surface area contributed by atoms with E-state index in [4.69, 9.17) is 9.97 Å². The quantitative estimate of drug-likeness (QED) is 0.120. The number of nitrogens with zero attached hydrogens (tertiary/aromatic N) is 3. The van der Waals surface area contributed by atoms with Gasteiger partial charge < -0.3 is 0 Å². The molecule has 0 spiro atoms. The Hall–Kier alpha value is -6.15. The number of allylic oxidation sites excluding steroid dienone is 8. The molecule has 0 N–H and O–H groups in total. The highest BCUT2D eigenvalue weighted by atomic mass is 31.1. The Bertz CT molecular complexity index is 3000. The first-order chi connectivity index (χ1) is 27.9. The maximum absolute atomic E-state index is 5.24. The zero-order valence-electron chi connectivity index (χ0n) is 32.9. The molecule has 4 heteroatoms. The van der Waals surface area contributed by atoms with Crippen LogP contribution < -0.4 is 10.6 Å². The maximum atomic E-state index is 5.24. The van der Waals surface area contributed by atoms with E-state index in [1.54, 1.807) is 0 Å². The molecule has 3 nitrogen and oxygen atoms in total. The first-order valence-corrected chi connectivity index (χ1v) is 21.4. The lowest BCUT2D eigenvalue weighted by Crippen LogP contribution is -2.15. The van der Waals surface area contributed by atoms with Gasteiger partial charge in [-0.1, -0.05) is 147 Å². The number of para-hydroxylation sites is 2. The summed E-state index contributed by atoms with van der Waals surface area (Å²) >= 11 is 0. The number of imidazole rings is 1. The predicted octanol–water partition coefficient (Wildman–Crippen LogP) is 13.3. The molecule has 276 valence electrons. The Kier molecular flexibility index (Phi) is 8.73. The highest BCUT2D eigenvalue weighted by Crippen LogP contribution is 2.51. The van der Waals surface area contributed by atoms with Crippen molar-refractivity contribution >= 4 is 51.7 Å². The van der Waals surface area contributed by atoms with Gasteiger partial charge in [0.05, 0.1) is 16.6 Å². The van der Waals surface area contributed by atoms with Gasteiger partial charge in [-0.2, -0.15) is 0 Å². The molecule has 6 aromatic carbocycles. The number of aromatic nitrogens is 3. The normalized spacial score (nSPS) is 15.4. The van der Waals surface area contributed by atoms with Crippen LogP contribution in [0.4, 0.5) is 0 Å². The summed E-state index contributed by atoms with van der Waals surface area (Å²) in [4.78, 5) is 10.4. The second-order valence-electron chi connectivity index (χ2n) is 15.6. The molecule has 2 aromatic heterocycles. The summed E-state index contributed by atoms with van der Waals surface area (Å²) in [6.45, 7) is 8.87. The molecule has 10 rings (SSSR count). The molecule has 8 aromatic rings. The highest BCUT2D eigenvalue weighted by Gasteiger charge is 2.36. The fourth-order valence-corrected chi connectivity index (χ4v) is 11.3. The average molecular weight is 754 g/mol. The third kappa shape index (κ3) is 5.92. The van der Waals surface area contributed by atoms with E-state index < -0.39 is 7.92 Å². The second kappa shape index (κ2) is 14.1. The maximum Gasteiger partial charge on any atom is 0.149 e. The molecule has 1 atom stereocenters. The smallest absolute Gasteiger partial charge is 0.149 e. The lowest BCUT2D eigenvalue weighted by molar-refractivity contribution is 0.661. The summed E-state index contributed by atoms with van der Waals surface area (Å²) < 4.78 is 2.22. The number of rotatable bonds is 7. The molecule has 2 aliphatic carbocycles. The monoisotopic (exact) mass is 753 g/mol. The van der Waals surface area contributed by atoms with E-state index in [1.165, 1.54) is 54.9 Å². The van der Waals surface area contributed by atoms with Gasteiger partial charge in [-0.3, -0.25) is 4.40 Å². The number of benzene rings is 6. The van der Waals surface area contributed by atoms with E-state index in [2.05, 4.69) is 195 Å². The molecule has 2 heterocycles. The van der Waals surface area contributed by atoms with Crippen LogP contribution in [-0.4, -0.2) is 14.4 Å². The van der Waals surface area contributed by atoms with Crippen LogP contribution in [0, 0.1) is 0 Å². The van der Waals surface area contributed by atoms with Crippen molar-refractivity contribution in [3.8, 4) is 33.4 Å². The van der Waals surface area contributed by atoms with Gasteiger partial charge in [0, 0.05) is 16.4 Å². The average Bonchev–Trinajstić information content (AvgIpc) is 3.76. The highest BCUT2D eigenvalue weighted by molar-refractivity contribution is 7.77. The van der Waals surface area contributed by atoms with Crippen LogP contribution in [0.25, 0.3) is 66.5 Å². The van der Waals surface area contributed by atoms with E-state index in [0.29, 0.717) is 0 Å². The van der Waals surface area contributed by atoms with Gasteiger partial charge in [0.2, 0.25) is 0 Å². The van der Waals surface area contributed by atoms with E-state index >= 15 is 0 Å². The van der Waals surface area contributed by atoms with Gasteiger partial charge in [-0.15, -0.1) is 0 Å². The molecule has 0 amide bonds. The lowest BCUT2D eigenvalue weighted by atomic mass is 9.81. The second-order valence-corrected chi connectivity index (χ2v) is 17.9. The first-order valence-electron chi connectivity index (χ1n) is 20.1. The minimum atomic E-state index is -0.594. The van der Waals surface area contributed by atoms with Crippen LogP contribution in [0.15, 0.2) is 175 Å². The fourth-order valence-electron chi connectivity index (χ4n) is 8.94. The lowest BCUT2D eigenvalue weighted by Gasteiger charge is -2.23. The third-order valence-electron chi connectivity index (χ3n) is 11.9. The van der Waals surface area contributed by atoms with Crippen LogP contribution in [0.3, 0.4) is 0 Å². The summed E-state index contributed by atoms with van der Waals surface area (Å²) in [7, 11) is -0.594. The number of hydrogen-bond donors (Lipinski definition) is 0. The number of hydrogen-bond acceptors (Lipinski definition) is 2. The van der Waals surface area contributed by atoms with E-state index in [9.17, 15) is 0 Å². The Morgan fingerprint density at radius 3 is 2.00 bits per heavy atom. The van der Waals surface area contributed by atoms with Crippen molar-refractivity contribution in [3.05, 3.63) is 192 Å². The van der Waals surface area contributed by atoms with Crippen molar-refractivity contribution in [2.75, 3.05) is 0 Å². The summed E-state index contributed by atoms with van der Waals surface area (Å²) in [5, 5.41) is 5.29. The molecule has 0 radical (unpaired) electrons. The van der Waals surface area contributed by atoms with Gasteiger partial charge in [0.15, 0.2) is 0 Å². The Labute approximate surface area is 336 Å². The van der Waals surface area contributed by atoms with E-state index in [1.807, 2.05) is 6.92 Å². The van der Waals surface area contributed by atoms with Gasteiger partial charge in [-0.25, -0.2) is 9.97 Å². The SMILES string of the molecule is C/C=C\C(=C/C)c1nc2ccc(-c3ccc4c(c3)C(C)(C)c3cc(-c5ccc(P(C6=CCCC=C6)c6ccccc6)cc5)ccc3-4)cc2c2nc3ccccc3n12. The zero-order valence-corrected chi connectivity index (χ0v) is 33.8. The molecule has 2 aliphatic rings. The van der Waals surface area contributed by atoms with Crippen molar-refractivity contribution in [2.45, 2.75) is 46.0 Å². The molecule has 0 aliphatic heterocycles. The van der Waals surface area contributed by atoms with Crippen molar-refractivity contribution in [2.24, 2.45) is 0 Å². The molecule has 0 saturated carbocycles. The molecular weight excluding hydrogens is 710 g/mol. The Morgan fingerprint density at radius 1 is 0.649 bits per heavy atom. The largest absolute Gasteiger partial charge is 0.276 e. The molecule has 1 unspecified atom stereocenters. The standard InChI is InChI=1S/C53H44N3P/c1-5-15-35(6-2)51-54-48-31-26-37(32-45(48)52-55-49-20-13-14-21-50(49)56(51)52)39-25-30-44-43-29-24-38(33-46(43)53(3,4)47(44)34-39)36-22-27-42(28-23-36)57(40-16-9-7-10-17-40)41-18-11-8-12-19-41/h5-7,9-11,13-34H,8,12H2,1-4H3/b15-5-,35-6+. The van der Waals surface area contributed by atoms with E-state index in [-0.39, 0.29) is 5.41 Å². The molecule has 0 saturated heterocycles. The van der Waals surface area contributed by atoms with Crippen LogP contribution in [0.5, 0.6) is 0 Å². The van der Waals surface area contributed by atoms with Gasteiger partial charge in [-0.05, 0) is 131 Å². The van der Waals surface area contributed by atoms with Gasteiger partial charge in [0.1, 0.15) is 11.5 Å². The van der Waals surface area contributed by atoms with Crippen molar-refractivity contribution in [3.63, 3.8) is 0 Å². The van der Waals surface area contributed by atoms with Crippen LogP contribution in [0.1, 0.15) is 57.5 Å². The van der Waals surface area contributed by atoms with Crippen molar-refractivity contribution in [1.29, 1.82) is 0 Å².